The molecule has 0 bridgehead atoms. The molecule has 0 aliphatic carbocycles. The maximum atomic E-state index is 13.8. The summed E-state index contributed by atoms with van der Waals surface area (Å²) in [5.74, 6) is -0.876. The number of ether oxygens (including phenoxy) is 2. The number of morpholine rings is 1. The molecule has 9 nitrogen and oxygen atoms in total. The number of hydrogen-bond donors (Lipinski definition) is 2. The van der Waals surface area contributed by atoms with Crippen molar-refractivity contribution in [3.8, 4) is 0 Å². The van der Waals surface area contributed by atoms with Crippen molar-refractivity contribution in [3.63, 3.8) is 0 Å². The van der Waals surface area contributed by atoms with Gasteiger partial charge >= 0.3 is 11.9 Å². The number of carbonyl (C=O) groups excluding carboxylic acids is 1. The Bertz CT molecular complexity index is 1190. The van der Waals surface area contributed by atoms with Gasteiger partial charge in [0.15, 0.2) is 10.8 Å². The van der Waals surface area contributed by atoms with Crippen molar-refractivity contribution in [1.29, 1.82) is 0 Å². The van der Waals surface area contributed by atoms with Gasteiger partial charge in [-0.25, -0.2) is 14.2 Å². The number of aromatic nitrogens is 1. The van der Waals surface area contributed by atoms with Gasteiger partial charge in [0, 0.05) is 53.2 Å². The lowest BCUT2D eigenvalue weighted by Gasteiger charge is -2.35. The fraction of sp³-hybridized carbons (Fsp3) is 0.417. The second-order valence-electron chi connectivity index (χ2n) is 8.26. The van der Waals surface area contributed by atoms with Crippen LogP contribution in [0.4, 0.5) is 4.39 Å². The number of carboxylic acids is 1. The fourth-order valence-electron chi connectivity index (χ4n) is 4.09. The summed E-state index contributed by atoms with van der Waals surface area (Å²) in [5.41, 5.74) is 1.35. The molecule has 0 radical (unpaired) electrons. The Morgan fingerprint density at radius 3 is 2.97 bits per heavy atom. The summed E-state index contributed by atoms with van der Waals surface area (Å²) >= 11 is 9.12. The molecule has 2 unspecified atom stereocenters. The van der Waals surface area contributed by atoms with Crippen LogP contribution in [0.15, 0.2) is 46.0 Å². The van der Waals surface area contributed by atoms with Gasteiger partial charge in [0.05, 0.1) is 30.6 Å². The third kappa shape index (κ3) is 7.08. The lowest BCUT2D eigenvalue weighted by Crippen LogP contribution is -2.47. The molecule has 1 fully saturated rings. The molecule has 0 spiro atoms. The van der Waals surface area contributed by atoms with Crippen LogP contribution in [0.1, 0.15) is 23.5 Å². The number of nitrogens with one attached hydrogen (secondary N) is 1. The first-order chi connectivity index (χ1) is 17.9. The van der Waals surface area contributed by atoms with Crippen molar-refractivity contribution in [2.24, 2.45) is 4.99 Å². The Morgan fingerprint density at radius 2 is 2.27 bits per heavy atom. The van der Waals surface area contributed by atoms with Crippen LogP contribution < -0.4 is 5.32 Å². The van der Waals surface area contributed by atoms with E-state index < -0.39 is 23.8 Å². The number of rotatable bonds is 10. The number of carboxylic acid groups (broad SMARTS) is 1. The third-order valence-electron chi connectivity index (χ3n) is 5.65. The maximum Gasteiger partial charge on any atom is 0.338 e. The number of carbonyl (C=O) groups is 2. The molecule has 2 aliphatic rings. The molecular weight excluding hydrogens is 543 g/mol. The molecule has 2 aliphatic heterocycles. The minimum absolute atomic E-state index is 0.00726. The lowest BCUT2D eigenvalue weighted by atomic mass is 9.95. The summed E-state index contributed by atoms with van der Waals surface area (Å²) in [5, 5.41) is 14.8. The SMILES string of the molecule is CCOC(=O)C1=C(CN2CCOC(CSCC(=O)O)C2)NC(c2nccs2)=NC1c1ccc(F)cc1Cl. The zero-order valence-corrected chi connectivity index (χ0v) is 22.4. The minimum Gasteiger partial charge on any atom is -0.481 e. The number of amidine groups is 1. The van der Waals surface area contributed by atoms with Crippen molar-refractivity contribution in [2.75, 3.05) is 44.4 Å². The smallest absolute Gasteiger partial charge is 0.338 e. The summed E-state index contributed by atoms with van der Waals surface area (Å²) in [6.07, 6.45) is 1.51. The molecule has 1 aromatic carbocycles. The van der Waals surface area contributed by atoms with Gasteiger partial charge in [0.25, 0.3) is 0 Å². The molecule has 0 amide bonds. The topological polar surface area (TPSA) is 113 Å². The highest BCUT2D eigenvalue weighted by atomic mass is 35.5. The van der Waals surface area contributed by atoms with Gasteiger partial charge in [-0.2, -0.15) is 0 Å². The van der Waals surface area contributed by atoms with Crippen LogP contribution >= 0.6 is 34.7 Å². The molecule has 1 saturated heterocycles. The van der Waals surface area contributed by atoms with Crippen LogP contribution in [0, 0.1) is 5.82 Å². The van der Waals surface area contributed by atoms with Gasteiger partial charge in [-0.1, -0.05) is 17.7 Å². The largest absolute Gasteiger partial charge is 0.481 e. The first kappa shape index (κ1) is 27.5. The highest BCUT2D eigenvalue weighted by molar-refractivity contribution is 7.99. The standard InChI is InChI=1S/C24H26ClFN4O5S2/c1-2-34-24(33)20-18(11-30-6-7-35-15(10-30)12-36-13-19(31)32)28-22(23-27-5-8-37-23)29-21(20)16-4-3-14(26)9-17(16)25/h3-5,8-9,15,21H,2,6-7,10-13H2,1H3,(H,28,29)(H,31,32). The number of benzene rings is 1. The molecule has 198 valence electrons. The molecule has 2 atom stereocenters. The lowest BCUT2D eigenvalue weighted by molar-refractivity contribution is -0.139. The van der Waals surface area contributed by atoms with Gasteiger partial charge in [-0.15, -0.1) is 23.1 Å². The summed E-state index contributed by atoms with van der Waals surface area (Å²) in [4.78, 5) is 35.4. The molecule has 0 saturated carbocycles. The van der Waals surface area contributed by atoms with Crippen LogP contribution in [-0.4, -0.2) is 83.2 Å². The zero-order valence-electron chi connectivity index (χ0n) is 20.0. The number of hydrogen-bond acceptors (Lipinski definition) is 10. The van der Waals surface area contributed by atoms with Gasteiger partial charge in [-0.05, 0) is 19.1 Å². The van der Waals surface area contributed by atoms with Gasteiger partial charge in [0.1, 0.15) is 11.9 Å². The Morgan fingerprint density at radius 1 is 1.43 bits per heavy atom. The Kier molecular flexibility index (Phi) is 9.54. The number of nitrogens with zero attached hydrogens (tertiary/aromatic N) is 3. The molecule has 13 heteroatoms. The average molecular weight is 569 g/mol. The van der Waals surface area contributed by atoms with E-state index in [0.717, 1.165) is 0 Å². The van der Waals surface area contributed by atoms with Gasteiger partial charge in [0.2, 0.25) is 0 Å². The Balaban J connectivity index is 1.68. The molecule has 37 heavy (non-hydrogen) atoms. The molecule has 2 aromatic rings. The molecule has 1 aromatic heterocycles. The number of esters is 1. The van der Waals surface area contributed by atoms with E-state index in [0.29, 0.717) is 59.7 Å². The van der Waals surface area contributed by atoms with E-state index >= 15 is 0 Å². The number of halogens is 2. The van der Waals surface area contributed by atoms with Crippen molar-refractivity contribution in [2.45, 2.75) is 19.1 Å². The van der Waals surface area contributed by atoms with Crippen LogP contribution in [0.5, 0.6) is 0 Å². The Labute approximate surface area is 226 Å². The van der Waals surface area contributed by atoms with E-state index in [1.807, 2.05) is 5.38 Å². The number of aliphatic imine (C=N–C) groups is 1. The molecule has 2 N–H and O–H groups in total. The second-order valence-corrected chi connectivity index (χ2v) is 10.6. The molecule has 3 heterocycles. The van der Waals surface area contributed by atoms with Gasteiger partial charge in [-0.3, -0.25) is 14.7 Å². The summed E-state index contributed by atoms with van der Waals surface area (Å²) in [6.45, 7) is 3.90. The minimum atomic E-state index is -0.868. The summed E-state index contributed by atoms with van der Waals surface area (Å²) in [7, 11) is 0. The van der Waals surface area contributed by atoms with E-state index in [1.165, 1.54) is 41.3 Å². The van der Waals surface area contributed by atoms with Gasteiger partial charge < -0.3 is 19.9 Å². The van der Waals surface area contributed by atoms with Crippen molar-refractivity contribution >= 4 is 52.5 Å². The fourth-order valence-corrected chi connectivity index (χ4v) is 5.71. The number of thiazole rings is 1. The maximum absolute atomic E-state index is 13.8. The van der Waals surface area contributed by atoms with Crippen LogP contribution in [0.2, 0.25) is 5.02 Å². The first-order valence-corrected chi connectivity index (χ1v) is 14.0. The summed E-state index contributed by atoms with van der Waals surface area (Å²) in [6, 6.07) is 3.18. The second kappa shape index (κ2) is 12.8. The van der Waals surface area contributed by atoms with Crippen molar-refractivity contribution < 1.29 is 28.6 Å². The van der Waals surface area contributed by atoms with E-state index in [1.54, 1.807) is 13.1 Å². The Hall–Kier alpha value is -2.51. The summed E-state index contributed by atoms with van der Waals surface area (Å²) < 4.78 is 25.1. The number of aliphatic carboxylic acids is 1. The van der Waals surface area contributed by atoms with E-state index in [4.69, 9.17) is 31.2 Å². The predicted molar refractivity (Wildman–Crippen MR) is 141 cm³/mol. The predicted octanol–water partition coefficient (Wildman–Crippen LogP) is 3.36. The average Bonchev–Trinajstić information content (AvgIpc) is 3.39. The highest BCUT2D eigenvalue weighted by Crippen LogP contribution is 2.37. The van der Waals surface area contributed by atoms with Crippen LogP contribution in [-0.2, 0) is 19.1 Å². The van der Waals surface area contributed by atoms with E-state index in [2.05, 4.69) is 15.2 Å². The zero-order chi connectivity index (χ0) is 26.4. The van der Waals surface area contributed by atoms with Crippen LogP contribution in [0.25, 0.3) is 0 Å². The monoisotopic (exact) mass is 568 g/mol. The number of thioether (sulfide) groups is 1. The van der Waals surface area contributed by atoms with Crippen molar-refractivity contribution in [3.05, 3.63) is 62.5 Å². The van der Waals surface area contributed by atoms with Crippen molar-refractivity contribution in [1.82, 2.24) is 15.2 Å². The quantitative estimate of drug-likeness (QED) is 0.416. The normalized spacial score (nSPS) is 20.4. The van der Waals surface area contributed by atoms with Crippen LogP contribution in [0.3, 0.4) is 0 Å². The van der Waals surface area contributed by atoms with E-state index in [9.17, 15) is 14.0 Å². The molecule has 4 rings (SSSR count). The van der Waals surface area contributed by atoms with E-state index in [-0.39, 0.29) is 23.5 Å². The highest BCUT2D eigenvalue weighted by Gasteiger charge is 2.35. The first-order valence-electron chi connectivity index (χ1n) is 11.6. The third-order valence-corrected chi connectivity index (χ3v) is 7.81. The molecular formula is C24H26ClFN4O5S2.